The van der Waals surface area contributed by atoms with Crippen LogP contribution in [-0.2, 0) is 4.79 Å². The van der Waals surface area contributed by atoms with Gasteiger partial charge < -0.3 is 20.6 Å². The van der Waals surface area contributed by atoms with Gasteiger partial charge in [-0.2, -0.15) is 0 Å². The molecule has 5 heterocycles. The molecule has 166 valence electrons. The van der Waals surface area contributed by atoms with E-state index in [9.17, 15) is 9.18 Å². The molecular formula is C24H20ClFN6O. The van der Waals surface area contributed by atoms with Crippen LogP contribution in [0.5, 0.6) is 0 Å². The van der Waals surface area contributed by atoms with E-state index in [1.54, 1.807) is 18.5 Å². The van der Waals surface area contributed by atoms with Crippen LogP contribution < -0.4 is 5.73 Å². The van der Waals surface area contributed by atoms with Crippen molar-refractivity contribution in [3.63, 3.8) is 0 Å². The van der Waals surface area contributed by atoms with Crippen molar-refractivity contribution in [1.82, 2.24) is 24.8 Å². The van der Waals surface area contributed by atoms with Crippen LogP contribution in [0.4, 0.5) is 10.1 Å². The topological polar surface area (TPSA) is 104 Å². The summed E-state index contributed by atoms with van der Waals surface area (Å²) >= 11 is 5.97. The highest BCUT2D eigenvalue weighted by molar-refractivity contribution is 6.31. The molecule has 0 bridgehead atoms. The summed E-state index contributed by atoms with van der Waals surface area (Å²) in [5, 5.41) is 0.995. The molecule has 1 saturated heterocycles. The van der Waals surface area contributed by atoms with E-state index in [0.717, 1.165) is 41.0 Å². The summed E-state index contributed by atoms with van der Waals surface area (Å²) in [4.78, 5) is 30.5. The molecule has 1 unspecified atom stereocenters. The normalized spacial score (nSPS) is 20.4. The lowest BCUT2D eigenvalue weighted by molar-refractivity contribution is -0.129. The molecule has 2 aliphatic heterocycles. The number of fused-ring (bicyclic) bond motifs is 2. The molecule has 1 amide bonds. The van der Waals surface area contributed by atoms with Crippen molar-refractivity contribution in [3.8, 4) is 11.3 Å². The number of hydrogen-bond donors (Lipinski definition) is 3. The summed E-state index contributed by atoms with van der Waals surface area (Å²) in [6, 6.07) is 6.70. The first-order valence-electron chi connectivity index (χ1n) is 10.8. The molecule has 1 fully saturated rings. The number of hydrogen-bond acceptors (Lipinski definition) is 4. The number of benzene rings is 1. The van der Waals surface area contributed by atoms with Crippen molar-refractivity contribution < 1.29 is 9.18 Å². The predicted molar refractivity (Wildman–Crippen MR) is 125 cm³/mol. The molecule has 9 heteroatoms. The van der Waals surface area contributed by atoms with Gasteiger partial charge in [-0.05, 0) is 49.1 Å². The predicted octanol–water partition coefficient (Wildman–Crippen LogP) is 4.85. The number of nitrogens with one attached hydrogen (secondary N) is 2. The van der Waals surface area contributed by atoms with E-state index in [0.29, 0.717) is 12.0 Å². The van der Waals surface area contributed by atoms with Gasteiger partial charge in [0.25, 0.3) is 0 Å². The Morgan fingerprint density at radius 1 is 1.18 bits per heavy atom. The van der Waals surface area contributed by atoms with Crippen LogP contribution in [-0.4, -0.2) is 36.8 Å². The Hall–Kier alpha value is -3.65. The molecule has 4 N–H and O–H groups in total. The first kappa shape index (κ1) is 20.0. The SMILES string of the molecule is Nc1ccc(Cl)c(F)c1C1=CC(=O)N2C(CC[C@H]2c2ncc(-c3ccnc4[nH]ccc34)[nH]2)C1. The number of nitrogen functional groups attached to an aromatic ring is 1. The summed E-state index contributed by atoms with van der Waals surface area (Å²) in [5.41, 5.74) is 9.80. The molecule has 7 nitrogen and oxygen atoms in total. The Bertz CT molecular complexity index is 1440. The number of H-pyrrole nitrogens is 2. The van der Waals surface area contributed by atoms with Crippen molar-refractivity contribution in [2.24, 2.45) is 0 Å². The largest absolute Gasteiger partial charge is 0.398 e. The third-order valence-corrected chi connectivity index (χ3v) is 6.91. The van der Waals surface area contributed by atoms with E-state index in [-0.39, 0.29) is 34.3 Å². The van der Waals surface area contributed by atoms with Crippen molar-refractivity contribution in [2.45, 2.75) is 31.3 Å². The molecule has 2 atom stereocenters. The number of carbonyl (C=O) groups is 1. The smallest absolute Gasteiger partial charge is 0.247 e. The number of aromatic nitrogens is 4. The first-order chi connectivity index (χ1) is 16.0. The molecule has 33 heavy (non-hydrogen) atoms. The molecular weight excluding hydrogens is 443 g/mol. The van der Waals surface area contributed by atoms with Gasteiger partial charge in [-0.3, -0.25) is 4.79 Å². The van der Waals surface area contributed by atoms with Gasteiger partial charge in [0.15, 0.2) is 5.82 Å². The van der Waals surface area contributed by atoms with Crippen LogP contribution in [0, 0.1) is 5.82 Å². The fourth-order valence-corrected chi connectivity index (χ4v) is 5.28. The summed E-state index contributed by atoms with van der Waals surface area (Å²) in [5.74, 6) is -0.00753. The molecule has 0 spiro atoms. The van der Waals surface area contributed by atoms with Crippen LogP contribution in [0.15, 0.2) is 48.9 Å². The van der Waals surface area contributed by atoms with Crippen LogP contribution in [0.3, 0.4) is 0 Å². The molecule has 1 aromatic carbocycles. The molecule has 6 rings (SSSR count). The number of anilines is 1. The average Bonchev–Trinajstić information content (AvgIpc) is 3.55. The Morgan fingerprint density at radius 2 is 2.06 bits per heavy atom. The first-order valence-corrected chi connectivity index (χ1v) is 11.1. The maximum Gasteiger partial charge on any atom is 0.247 e. The Labute approximate surface area is 193 Å². The standard InChI is InChI=1S/C24H20ClFN6O/c25-16-2-3-17(27)21(22(16)26)12-9-13-1-4-19(32(13)20(33)10-12)24-30-11-18(31-24)14-5-7-28-23-15(14)6-8-29-23/h2-3,5-8,10-11,13,19H,1,4,9,27H2,(H,28,29)(H,30,31)/t13?,19-/m0/s1. The minimum atomic E-state index is -0.581. The maximum atomic E-state index is 14.7. The minimum Gasteiger partial charge on any atom is -0.398 e. The second-order valence-corrected chi connectivity index (χ2v) is 8.88. The summed E-state index contributed by atoms with van der Waals surface area (Å²) < 4.78 is 14.7. The monoisotopic (exact) mass is 462 g/mol. The molecule has 4 aromatic rings. The fourth-order valence-electron chi connectivity index (χ4n) is 5.13. The molecule has 0 saturated carbocycles. The summed E-state index contributed by atoms with van der Waals surface area (Å²) in [6.07, 6.45) is 8.97. The van der Waals surface area contributed by atoms with Gasteiger partial charge in [0.05, 0.1) is 23.0 Å². The quantitative estimate of drug-likeness (QED) is 0.379. The van der Waals surface area contributed by atoms with E-state index in [1.807, 2.05) is 23.2 Å². The van der Waals surface area contributed by atoms with Crippen LogP contribution in [0.1, 0.15) is 36.7 Å². The van der Waals surface area contributed by atoms with E-state index >= 15 is 0 Å². The number of pyridine rings is 1. The van der Waals surface area contributed by atoms with Crippen molar-refractivity contribution >= 4 is 39.8 Å². The van der Waals surface area contributed by atoms with Gasteiger partial charge in [0.2, 0.25) is 5.91 Å². The zero-order valence-electron chi connectivity index (χ0n) is 17.5. The second-order valence-electron chi connectivity index (χ2n) is 8.47. The third-order valence-electron chi connectivity index (χ3n) is 6.62. The summed E-state index contributed by atoms with van der Waals surface area (Å²) in [7, 11) is 0. The molecule has 0 aliphatic carbocycles. The average molecular weight is 463 g/mol. The third kappa shape index (κ3) is 3.13. The van der Waals surface area contributed by atoms with E-state index in [1.165, 1.54) is 12.1 Å². The van der Waals surface area contributed by atoms with E-state index < -0.39 is 5.82 Å². The molecule has 3 aromatic heterocycles. The number of aromatic amines is 2. The van der Waals surface area contributed by atoms with E-state index in [2.05, 4.69) is 19.9 Å². The lowest BCUT2D eigenvalue weighted by Gasteiger charge is -2.33. The van der Waals surface area contributed by atoms with Crippen molar-refractivity contribution in [3.05, 3.63) is 71.2 Å². The zero-order chi connectivity index (χ0) is 22.7. The van der Waals surface area contributed by atoms with Gasteiger partial charge in [-0.1, -0.05) is 11.6 Å². The highest BCUT2D eigenvalue weighted by atomic mass is 35.5. The van der Waals surface area contributed by atoms with E-state index in [4.69, 9.17) is 17.3 Å². The fraction of sp³-hybridized carbons (Fsp3) is 0.208. The lowest BCUT2D eigenvalue weighted by atomic mass is 9.92. The van der Waals surface area contributed by atoms with Gasteiger partial charge >= 0.3 is 0 Å². The Morgan fingerprint density at radius 3 is 2.94 bits per heavy atom. The minimum absolute atomic E-state index is 0.00460. The van der Waals surface area contributed by atoms with Gasteiger partial charge in [-0.15, -0.1) is 0 Å². The number of imidazole rings is 1. The Kier molecular flexibility index (Phi) is 4.51. The number of nitrogens with two attached hydrogens (primary N) is 1. The number of halogens is 2. The number of rotatable bonds is 3. The second kappa shape index (κ2) is 7.45. The Balaban J connectivity index is 1.32. The number of amides is 1. The van der Waals surface area contributed by atoms with Crippen molar-refractivity contribution in [2.75, 3.05) is 5.73 Å². The lowest BCUT2D eigenvalue weighted by Crippen LogP contribution is -2.39. The molecule has 0 radical (unpaired) electrons. The highest BCUT2D eigenvalue weighted by Crippen LogP contribution is 2.44. The van der Waals surface area contributed by atoms with Gasteiger partial charge in [0.1, 0.15) is 11.5 Å². The van der Waals surface area contributed by atoms with Crippen LogP contribution in [0.25, 0.3) is 27.9 Å². The maximum absolute atomic E-state index is 14.7. The number of nitrogens with zero attached hydrogens (tertiary/aromatic N) is 3. The van der Waals surface area contributed by atoms with Crippen molar-refractivity contribution in [1.29, 1.82) is 0 Å². The number of carbonyl (C=O) groups excluding carboxylic acids is 1. The van der Waals surface area contributed by atoms with Gasteiger partial charge in [-0.25, -0.2) is 14.4 Å². The zero-order valence-corrected chi connectivity index (χ0v) is 18.2. The van der Waals surface area contributed by atoms with Crippen LogP contribution >= 0.6 is 11.6 Å². The van der Waals surface area contributed by atoms with Gasteiger partial charge in [0, 0.05) is 46.7 Å². The van der Waals surface area contributed by atoms with Crippen LogP contribution in [0.2, 0.25) is 5.02 Å². The highest BCUT2D eigenvalue weighted by Gasteiger charge is 2.42. The molecule has 2 aliphatic rings. The summed E-state index contributed by atoms with van der Waals surface area (Å²) in [6.45, 7) is 0.